The molecule has 0 aliphatic carbocycles. The van der Waals surface area contributed by atoms with E-state index in [1.807, 2.05) is 13.8 Å². The highest BCUT2D eigenvalue weighted by Crippen LogP contribution is 2.26. The lowest BCUT2D eigenvalue weighted by Gasteiger charge is -2.18. The number of aryl methyl sites for hydroxylation is 1. The van der Waals surface area contributed by atoms with Crippen molar-refractivity contribution in [3.63, 3.8) is 0 Å². The molecule has 0 radical (unpaired) electrons. The third-order valence-electron chi connectivity index (χ3n) is 3.00. The lowest BCUT2D eigenvalue weighted by Crippen LogP contribution is -2.09. The molecule has 1 N–H and O–H groups in total. The summed E-state index contributed by atoms with van der Waals surface area (Å²) in [7, 11) is 0. The van der Waals surface area contributed by atoms with Crippen LogP contribution in [0.1, 0.15) is 24.1 Å². The molecule has 0 saturated carbocycles. The summed E-state index contributed by atoms with van der Waals surface area (Å²) in [6.45, 7) is 3.73. The first-order chi connectivity index (χ1) is 8.97. The van der Waals surface area contributed by atoms with Gasteiger partial charge in [-0.2, -0.15) is 0 Å². The van der Waals surface area contributed by atoms with E-state index in [1.165, 1.54) is 18.2 Å². The molecule has 0 heterocycles. The van der Waals surface area contributed by atoms with Gasteiger partial charge in [-0.05, 0) is 43.7 Å². The molecule has 0 fully saturated rings. The number of nitrogens with one attached hydrogen (secondary N) is 1. The molecule has 0 aromatic heterocycles. The maximum atomic E-state index is 13.8. The second-order valence-electron chi connectivity index (χ2n) is 4.49. The minimum absolute atomic E-state index is 0.242. The van der Waals surface area contributed by atoms with Crippen LogP contribution in [0, 0.1) is 18.6 Å². The van der Waals surface area contributed by atoms with Gasteiger partial charge < -0.3 is 5.32 Å². The van der Waals surface area contributed by atoms with Gasteiger partial charge in [0.15, 0.2) is 0 Å². The van der Waals surface area contributed by atoms with E-state index < -0.39 is 0 Å². The van der Waals surface area contributed by atoms with Crippen molar-refractivity contribution in [2.24, 2.45) is 0 Å². The van der Waals surface area contributed by atoms with E-state index in [1.54, 1.807) is 18.2 Å². The van der Waals surface area contributed by atoms with E-state index in [0.717, 1.165) is 5.56 Å². The first kappa shape index (κ1) is 14.0. The van der Waals surface area contributed by atoms with E-state index >= 15 is 0 Å². The molecule has 19 heavy (non-hydrogen) atoms. The lowest BCUT2D eigenvalue weighted by molar-refractivity contribution is 0.599. The van der Waals surface area contributed by atoms with Crippen molar-refractivity contribution in [2.45, 2.75) is 19.9 Å². The fourth-order valence-corrected chi connectivity index (χ4v) is 2.25. The summed E-state index contributed by atoms with van der Waals surface area (Å²) in [6.07, 6.45) is 0. The Bertz CT molecular complexity index is 599. The molecular weight excluding hydrogens is 312 g/mol. The van der Waals surface area contributed by atoms with Crippen molar-refractivity contribution < 1.29 is 8.78 Å². The van der Waals surface area contributed by atoms with Crippen LogP contribution >= 0.6 is 15.9 Å². The summed E-state index contributed by atoms with van der Waals surface area (Å²) >= 11 is 3.22. The van der Waals surface area contributed by atoms with Crippen molar-refractivity contribution in [1.82, 2.24) is 0 Å². The molecular formula is C15H14BrF2N. The minimum Gasteiger partial charge on any atom is -0.378 e. The first-order valence-corrected chi connectivity index (χ1v) is 6.74. The molecule has 0 amide bonds. The predicted molar refractivity (Wildman–Crippen MR) is 77.3 cm³/mol. The summed E-state index contributed by atoms with van der Waals surface area (Å²) in [4.78, 5) is 0. The Labute approximate surface area is 119 Å². The smallest absolute Gasteiger partial charge is 0.129 e. The fourth-order valence-electron chi connectivity index (χ4n) is 1.91. The molecule has 0 bridgehead atoms. The van der Waals surface area contributed by atoms with Crippen molar-refractivity contribution in [3.8, 4) is 0 Å². The van der Waals surface area contributed by atoms with E-state index in [2.05, 4.69) is 21.2 Å². The zero-order valence-electron chi connectivity index (χ0n) is 10.7. The van der Waals surface area contributed by atoms with Gasteiger partial charge in [0.05, 0.1) is 6.04 Å². The second-order valence-corrected chi connectivity index (χ2v) is 5.41. The van der Waals surface area contributed by atoms with Crippen molar-refractivity contribution in [1.29, 1.82) is 0 Å². The van der Waals surface area contributed by atoms with Crippen molar-refractivity contribution in [3.05, 3.63) is 63.6 Å². The highest BCUT2D eigenvalue weighted by atomic mass is 79.9. The summed E-state index contributed by atoms with van der Waals surface area (Å²) in [5.41, 5.74) is 2.15. The Hall–Kier alpha value is -1.42. The molecule has 0 spiro atoms. The molecule has 2 rings (SSSR count). The highest BCUT2D eigenvalue weighted by molar-refractivity contribution is 9.10. The van der Waals surface area contributed by atoms with Gasteiger partial charge in [-0.3, -0.25) is 0 Å². The molecule has 2 aromatic rings. The molecule has 1 atom stereocenters. The van der Waals surface area contributed by atoms with Crippen molar-refractivity contribution >= 4 is 21.6 Å². The topological polar surface area (TPSA) is 12.0 Å². The minimum atomic E-state index is -0.309. The molecule has 4 heteroatoms. The van der Waals surface area contributed by atoms with Gasteiger partial charge in [0.2, 0.25) is 0 Å². The maximum Gasteiger partial charge on any atom is 0.129 e. The molecule has 1 nitrogen and oxygen atoms in total. The van der Waals surface area contributed by atoms with Crippen molar-refractivity contribution in [2.75, 3.05) is 5.32 Å². The van der Waals surface area contributed by atoms with Gasteiger partial charge in [0.1, 0.15) is 11.6 Å². The van der Waals surface area contributed by atoms with Crippen LogP contribution in [0.25, 0.3) is 0 Å². The van der Waals surface area contributed by atoms with E-state index in [9.17, 15) is 8.78 Å². The van der Waals surface area contributed by atoms with Gasteiger partial charge >= 0.3 is 0 Å². The zero-order chi connectivity index (χ0) is 14.0. The third-order valence-corrected chi connectivity index (χ3v) is 3.49. The van der Waals surface area contributed by atoms with E-state index in [4.69, 9.17) is 0 Å². The van der Waals surface area contributed by atoms with Crippen LogP contribution in [-0.4, -0.2) is 0 Å². The molecule has 100 valence electrons. The Morgan fingerprint density at radius 2 is 1.84 bits per heavy atom. The van der Waals surface area contributed by atoms with Crippen LogP contribution < -0.4 is 5.32 Å². The fraction of sp³-hybridized carbons (Fsp3) is 0.200. The summed E-state index contributed by atoms with van der Waals surface area (Å²) in [5, 5.41) is 3.13. The van der Waals surface area contributed by atoms with Crippen LogP contribution in [-0.2, 0) is 0 Å². The maximum absolute atomic E-state index is 13.8. The number of anilines is 1. The summed E-state index contributed by atoms with van der Waals surface area (Å²) in [6, 6.07) is 9.21. The molecule has 0 saturated heterocycles. The Morgan fingerprint density at radius 1 is 1.11 bits per heavy atom. The van der Waals surface area contributed by atoms with Gasteiger partial charge in [-0.15, -0.1) is 0 Å². The number of benzene rings is 2. The molecule has 0 aliphatic heterocycles. The van der Waals surface area contributed by atoms with Gasteiger partial charge in [-0.1, -0.05) is 28.1 Å². The summed E-state index contributed by atoms with van der Waals surface area (Å²) < 4.78 is 27.7. The van der Waals surface area contributed by atoms with Gasteiger partial charge in [0, 0.05) is 15.7 Å². The Balaban J connectivity index is 2.25. The van der Waals surface area contributed by atoms with E-state index in [-0.39, 0.29) is 17.7 Å². The molecule has 1 unspecified atom stereocenters. The predicted octanol–water partition coefficient (Wildman–Crippen LogP) is 5.21. The average Bonchev–Trinajstić information content (AvgIpc) is 2.33. The van der Waals surface area contributed by atoms with Gasteiger partial charge in [-0.25, -0.2) is 8.78 Å². The number of rotatable bonds is 3. The monoisotopic (exact) mass is 325 g/mol. The summed E-state index contributed by atoms with van der Waals surface area (Å²) in [5.74, 6) is -0.597. The quantitative estimate of drug-likeness (QED) is 0.816. The van der Waals surface area contributed by atoms with Crippen LogP contribution in [0.5, 0.6) is 0 Å². The molecule has 0 aliphatic rings. The van der Waals surface area contributed by atoms with E-state index in [0.29, 0.717) is 15.7 Å². The van der Waals surface area contributed by atoms with Crippen LogP contribution in [0.4, 0.5) is 14.5 Å². The molecule has 2 aromatic carbocycles. The second kappa shape index (κ2) is 5.70. The number of hydrogen-bond donors (Lipinski definition) is 1. The lowest BCUT2D eigenvalue weighted by atomic mass is 10.1. The SMILES string of the molecule is Cc1ccc(F)cc1NC(C)c1ccc(Br)cc1F. The van der Waals surface area contributed by atoms with Crippen LogP contribution in [0.15, 0.2) is 40.9 Å². The van der Waals surface area contributed by atoms with Gasteiger partial charge in [0.25, 0.3) is 0 Å². The normalized spacial score (nSPS) is 12.3. The Morgan fingerprint density at radius 3 is 2.53 bits per heavy atom. The standard InChI is InChI=1S/C15H14BrF2N/c1-9-3-5-12(17)8-15(9)19-10(2)13-6-4-11(16)7-14(13)18/h3-8,10,19H,1-2H3. The zero-order valence-corrected chi connectivity index (χ0v) is 12.3. The number of hydrogen-bond acceptors (Lipinski definition) is 1. The third kappa shape index (κ3) is 3.32. The Kier molecular flexibility index (Phi) is 4.20. The van der Waals surface area contributed by atoms with Crippen LogP contribution in [0.2, 0.25) is 0 Å². The van der Waals surface area contributed by atoms with Crippen LogP contribution in [0.3, 0.4) is 0 Å². The highest BCUT2D eigenvalue weighted by Gasteiger charge is 2.12. The average molecular weight is 326 g/mol. The largest absolute Gasteiger partial charge is 0.378 e. The number of halogens is 3. The first-order valence-electron chi connectivity index (χ1n) is 5.95.